The standard InChI is InChI=1S/C15H15BrFNO/c1-11-14(17)6-3-7-15(11)18-8-9-19-13-5-2-4-12(16)10-13/h2-7,10,18H,8-9H2,1H3. The summed E-state index contributed by atoms with van der Waals surface area (Å²) in [6.45, 7) is 2.90. The fourth-order valence-corrected chi connectivity index (χ4v) is 2.09. The Labute approximate surface area is 120 Å². The van der Waals surface area contributed by atoms with Crippen LogP contribution < -0.4 is 10.1 Å². The second-order valence-electron chi connectivity index (χ2n) is 4.15. The van der Waals surface area contributed by atoms with Crippen molar-refractivity contribution in [2.24, 2.45) is 0 Å². The third kappa shape index (κ3) is 3.96. The van der Waals surface area contributed by atoms with Crippen LogP contribution in [0.4, 0.5) is 10.1 Å². The summed E-state index contributed by atoms with van der Waals surface area (Å²) in [5.74, 6) is 0.616. The summed E-state index contributed by atoms with van der Waals surface area (Å²) in [4.78, 5) is 0. The Morgan fingerprint density at radius 3 is 2.79 bits per heavy atom. The number of benzene rings is 2. The van der Waals surface area contributed by atoms with E-state index in [4.69, 9.17) is 4.74 Å². The van der Waals surface area contributed by atoms with Gasteiger partial charge < -0.3 is 10.1 Å². The van der Waals surface area contributed by atoms with Crippen LogP contribution in [0.2, 0.25) is 0 Å². The summed E-state index contributed by atoms with van der Waals surface area (Å²) < 4.78 is 19.9. The number of hydrogen-bond acceptors (Lipinski definition) is 2. The van der Waals surface area contributed by atoms with Crippen LogP contribution in [0, 0.1) is 12.7 Å². The van der Waals surface area contributed by atoms with Crippen LogP contribution in [0.1, 0.15) is 5.56 Å². The molecule has 0 aromatic heterocycles. The molecule has 0 saturated heterocycles. The SMILES string of the molecule is Cc1c(F)cccc1NCCOc1cccc(Br)c1. The van der Waals surface area contributed by atoms with Crippen LogP contribution in [0.5, 0.6) is 5.75 Å². The smallest absolute Gasteiger partial charge is 0.128 e. The molecule has 0 heterocycles. The van der Waals surface area contributed by atoms with Gasteiger partial charge in [0.15, 0.2) is 0 Å². The molecule has 0 aliphatic rings. The highest BCUT2D eigenvalue weighted by Crippen LogP contribution is 2.18. The molecule has 0 aliphatic carbocycles. The minimum absolute atomic E-state index is 0.196. The van der Waals surface area contributed by atoms with Crippen LogP contribution in [-0.2, 0) is 0 Å². The Morgan fingerprint density at radius 1 is 1.21 bits per heavy atom. The number of rotatable bonds is 5. The van der Waals surface area contributed by atoms with E-state index in [0.29, 0.717) is 18.7 Å². The molecule has 2 aromatic carbocycles. The van der Waals surface area contributed by atoms with Gasteiger partial charge in [0.05, 0.1) is 0 Å². The molecular weight excluding hydrogens is 309 g/mol. The van der Waals surface area contributed by atoms with Gasteiger partial charge in [0, 0.05) is 22.3 Å². The molecule has 1 N–H and O–H groups in total. The molecule has 19 heavy (non-hydrogen) atoms. The second-order valence-corrected chi connectivity index (χ2v) is 5.06. The lowest BCUT2D eigenvalue weighted by atomic mass is 10.2. The Morgan fingerprint density at radius 2 is 2.00 bits per heavy atom. The van der Waals surface area contributed by atoms with Crippen molar-refractivity contribution < 1.29 is 9.13 Å². The van der Waals surface area contributed by atoms with Crippen molar-refractivity contribution in [3.8, 4) is 5.75 Å². The first kappa shape index (κ1) is 13.9. The number of ether oxygens (including phenoxy) is 1. The number of anilines is 1. The lowest BCUT2D eigenvalue weighted by molar-refractivity contribution is 0.332. The van der Waals surface area contributed by atoms with Gasteiger partial charge in [-0.25, -0.2) is 4.39 Å². The average Bonchev–Trinajstić information content (AvgIpc) is 2.39. The zero-order valence-electron chi connectivity index (χ0n) is 10.6. The maximum atomic E-state index is 13.3. The average molecular weight is 324 g/mol. The summed E-state index contributed by atoms with van der Waals surface area (Å²) in [5, 5.41) is 3.16. The van der Waals surface area contributed by atoms with Crippen molar-refractivity contribution in [2.75, 3.05) is 18.5 Å². The monoisotopic (exact) mass is 323 g/mol. The minimum Gasteiger partial charge on any atom is -0.492 e. The Bertz CT molecular complexity index is 560. The van der Waals surface area contributed by atoms with Gasteiger partial charge in [0.25, 0.3) is 0 Å². The summed E-state index contributed by atoms with van der Waals surface area (Å²) in [5.41, 5.74) is 1.43. The van der Waals surface area contributed by atoms with Gasteiger partial charge >= 0.3 is 0 Å². The van der Waals surface area contributed by atoms with E-state index in [2.05, 4.69) is 21.2 Å². The van der Waals surface area contributed by atoms with Crippen molar-refractivity contribution in [2.45, 2.75) is 6.92 Å². The van der Waals surface area contributed by atoms with Gasteiger partial charge in [-0.05, 0) is 37.3 Å². The first-order valence-corrected chi connectivity index (χ1v) is 6.83. The molecule has 2 rings (SSSR count). The van der Waals surface area contributed by atoms with Crippen LogP contribution in [0.3, 0.4) is 0 Å². The maximum Gasteiger partial charge on any atom is 0.128 e. The fraction of sp³-hybridized carbons (Fsp3) is 0.200. The van der Waals surface area contributed by atoms with Crippen molar-refractivity contribution >= 4 is 21.6 Å². The van der Waals surface area contributed by atoms with E-state index in [1.807, 2.05) is 30.3 Å². The van der Waals surface area contributed by atoms with Crippen molar-refractivity contribution in [1.29, 1.82) is 0 Å². The lowest BCUT2D eigenvalue weighted by Gasteiger charge is -2.11. The molecule has 0 saturated carbocycles. The topological polar surface area (TPSA) is 21.3 Å². The lowest BCUT2D eigenvalue weighted by Crippen LogP contribution is -2.12. The van der Waals surface area contributed by atoms with Crippen LogP contribution in [-0.4, -0.2) is 13.2 Å². The summed E-state index contributed by atoms with van der Waals surface area (Å²) >= 11 is 3.39. The van der Waals surface area contributed by atoms with Crippen molar-refractivity contribution in [3.63, 3.8) is 0 Å². The highest BCUT2D eigenvalue weighted by Gasteiger charge is 2.02. The molecule has 0 amide bonds. The molecule has 0 radical (unpaired) electrons. The van der Waals surface area contributed by atoms with Crippen LogP contribution in [0.15, 0.2) is 46.9 Å². The Kier molecular flexibility index (Phi) is 4.80. The molecule has 100 valence electrons. The van der Waals surface area contributed by atoms with E-state index in [1.54, 1.807) is 13.0 Å². The van der Waals surface area contributed by atoms with Gasteiger partial charge in [0.2, 0.25) is 0 Å². The van der Waals surface area contributed by atoms with Crippen LogP contribution >= 0.6 is 15.9 Å². The molecule has 0 unspecified atom stereocenters. The summed E-state index contributed by atoms with van der Waals surface area (Å²) in [7, 11) is 0. The molecular formula is C15H15BrFNO. The van der Waals surface area contributed by atoms with Crippen molar-refractivity contribution in [3.05, 3.63) is 58.3 Å². The normalized spacial score (nSPS) is 10.3. The van der Waals surface area contributed by atoms with E-state index < -0.39 is 0 Å². The van der Waals surface area contributed by atoms with Gasteiger partial charge in [-0.1, -0.05) is 28.1 Å². The van der Waals surface area contributed by atoms with E-state index in [9.17, 15) is 4.39 Å². The third-order valence-electron chi connectivity index (χ3n) is 2.75. The predicted octanol–water partition coefficient (Wildman–Crippen LogP) is 4.39. The second kappa shape index (κ2) is 6.57. The van der Waals surface area contributed by atoms with Gasteiger partial charge in [0.1, 0.15) is 18.2 Å². The summed E-state index contributed by atoms with van der Waals surface area (Å²) in [6.07, 6.45) is 0. The van der Waals surface area contributed by atoms with Crippen molar-refractivity contribution in [1.82, 2.24) is 0 Å². The predicted molar refractivity (Wildman–Crippen MR) is 79.3 cm³/mol. The van der Waals surface area contributed by atoms with E-state index in [1.165, 1.54) is 6.07 Å². The molecule has 0 spiro atoms. The largest absolute Gasteiger partial charge is 0.492 e. The quantitative estimate of drug-likeness (QED) is 0.824. The first-order valence-electron chi connectivity index (χ1n) is 6.04. The zero-order chi connectivity index (χ0) is 13.7. The summed E-state index contributed by atoms with van der Waals surface area (Å²) in [6, 6.07) is 12.7. The fourth-order valence-electron chi connectivity index (χ4n) is 1.71. The molecule has 2 aromatic rings. The van der Waals surface area contributed by atoms with E-state index in [0.717, 1.165) is 15.9 Å². The number of halogens is 2. The Balaban J connectivity index is 1.82. The van der Waals surface area contributed by atoms with Gasteiger partial charge in [-0.3, -0.25) is 0 Å². The highest BCUT2D eigenvalue weighted by atomic mass is 79.9. The molecule has 2 nitrogen and oxygen atoms in total. The molecule has 0 bridgehead atoms. The highest BCUT2D eigenvalue weighted by molar-refractivity contribution is 9.10. The third-order valence-corrected chi connectivity index (χ3v) is 3.24. The number of hydrogen-bond donors (Lipinski definition) is 1. The molecule has 0 aliphatic heterocycles. The maximum absolute atomic E-state index is 13.3. The van der Waals surface area contributed by atoms with Crippen LogP contribution in [0.25, 0.3) is 0 Å². The van der Waals surface area contributed by atoms with E-state index in [-0.39, 0.29) is 5.82 Å². The molecule has 4 heteroatoms. The van der Waals surface area contributed by atoms with Gasteiger partial charge in [-0.2, -0.15) is 0 Å². The minimum atomic E-state index is -0.196. The number of nitrogens with one attached hydrogen (secondary N) is 1. The zero-order valence-corrected chi connectivity index (χ0v) is 12.2. The first-order chi connectivity index (χ1) is 9.16. The van der Waals surface area contributed by atoms with E-state index >= 15 is 0 Å². The molecule has 0 fully saturated rings. The Hall–Kier alpha value is -1.55. The van der Waals surface area contributed by atoms with Gasteiger partial charge in [-0.15, -0.1) is 0 Å². The molecule has 0 atom stereocenters.